The molecule has 3 aliphatic heterocycles. The molecule has 4 aliphatic carbocycles. The van der Waals surface area contributed by atoms with E-state index in [4.69, 9.17) is 23.7 Å². The zero-order valence-electron chi connectivity index (χ0n) is 72.2. The molecule has 8 aromatic carbocycles. The number of fused-ring (bicyclic) bond motifs is 4. The van der Waals surface area contributed by atoms with Crippen molar-refractivity contribution in [3.63, 3.8) is 0 Å². The first-order valence-corrected chi connectivity index (χ1v) is 43.5. The highest BCUT2D eigenvalue weighted by atomic mass is 19.1. The van der Waals surface area contributed by atoms with Gasteiger partial charge in [0, 0.05) is 39.3 Å². The average molecular weight is 1770 g/mol. The number of aromatic amines is 4. The van der Waals surface area contributed by atoms with Crippen LogP contribution in [0.1, 0.15) is 176 Å². The van der Waals surface area contributed by atoms with Crippen molar-refractivity contribution in [3.8, 4) is 23.0 Å². The normalized spacial score (nSPS) is 17.6. The fourth-order valence-corrected chi connectivity index (χ4v) is 16.9. The van der Waals surface area contributed by atoms with E-state index in [0.29, 0.717) is 183 Å². The maximum absolute atomic E-state index is 13.3. The molecular formula is C98H99F4N15O13. The second kappa shape index (κ2) is 39.1. The summed E-state index contributed by atoms with van der Waals surface area (Å²) in [6.45, 7) is 5.10. The number of carbonyl (C=O) groups is 7. The third-order valence-corrected chi connectivity index (χ3v) is 24.5. The minimum absolute atomic E-state index is 0.0135. The molecule has 4 saturated carbocycles. The minimum Gasteiger partial charge on any atom is -0.495 e. The molecule has 3 saturated heterocycles. The highest BCUT2D eigenvalue weighted by Crippen LogP contribution is 2.44. The highest BCUT2D eigenvalue weighted by molar-refractivity contribution is 6.11. The first-order chi connectivity index (χ1) is 63.1. The number of halogens is 4. The lowest BCUT2D eigenvalue weighted by Crippen LogP contribution is -2.53. The number of likely N-dealkylation sites (tertiary alicyclic amines) is 2. The number of carbonyl (C=O) groups excluding carboxylic acids is 7. The van der Waals surface area contributed by atoms with Gasteiger partial charge in [-0.3, -0.25) is 54.0 Å². The van der Waals surface area contributed by atoms with Crippen LogP contribution in [0.4, 0.5) is 17.6 Å². The molecule has 9 N–H and O–H groups in total. The van der Waals surface area contributed by atoms with Crippen LogP contribution in [0.25, 0.3) is 92.2 Å². The number of aromatic nitrogens is 8. The topological polar surface area (TPSA) is 358 Å². The fourth-order valence-electron chi connectivity index (χ4n) is 16.9. The minimum atomic E-state index is -0.865. The summed E-state index contributed by atoms with van der Waals surface area (Å²) < 4.78 is 80.5. The van der Waals surface area contributed by atoms with Gasteiger partial charge in [0.15, 0.2) is 0 Å². The van der Waals surface area contributed by atoms with Crippen LogP contribution in [0.2, 0.25) is 0 Å². The van der Waals surface area contributed by atoms with Gasteiger partial charge in [-0.05, 0) is 234 Å². The average Bonchev–Trinajstić information content (AvgIpc) is 1.61. The van der Waals surface area contributed by atoms with Crippen LogP contribution < -0.4 is 40.2 Å². The quantitative estimate of drug-likeness (QED) is 0.0269. The van der Waals surface area contributed by atoms with Crippen LogP contribution in [0, 0.1) is 23.3 Å². The summed E-state index contributed by atoms with van der Waals surface area (Å²) in [4.78, 5) is 97.2. The number of aliphatic hydroxyl groups is 1. The summed E-state index contributed by atoms with van der Waals surface area (Å²) in [5.41, 5.74) is 7.48. The Labute approximate surface area is 745 Å². The van der Waals surface area contributed by atoms with E-state index in [1.807, 2.05) is 52.3 Å². The van der Waals surface area contributed by atoms with E-state index < -0.39 is 22.7 Å². The van der Waals surface area contributed by atoms with E-state index in [-0.39, 0.29) is 70.7 Å². The molecule has 0 bridgehead atoms. The third kappa shape index (κ3) is 19.7. The van der Waals surface area contributed by atoms with E-state index in [0.717, 1.165) is 93.4 Å². The number of piperidine rings is 1. The molecule has 7 fully saturated rings. The number of methoxy groups -OCH3 is 4. The number of H-pyrrole nitrogens is 4. The van der Waals surface area contributed by atoms with Gasteiger partial charge in [-0.1, -0.05) is 72.8 Å². The molecule has 672 valence electrons. The Bertz CT molecular complexity index is 6140. The number of hydrogen-bond donors (Lipinski definition) is 9. The van der Waals surface area contributed by atoms with Crippen LogP contribution >= 0.6 is 0 Å². The van der Waals surface area contributed by atoms with Crippen molar-refractivity contribution in [1.82, 2.24) is 76.8 Å². The predicted molar refractivity (Wildman–Crippen MR) is 485 cm³/mol. The molecule has 7 aliphatic rings. The van der Waals surface area contributed by atoms with Crippen molar-refractivity contribution in [2.75, 3.05) is 80.9 Å². The van der Waals surface area contributed by atoms with Crippen molar-refractivity contribution in [2.24, 2.45) is 0 Å². The van der Waals surface area contributed by atoms with Crippen LogP contribution in [-0.4, -0.2) is 212 Å². The van der Waals surface area contributed by atoms with E-state index in [2.05, 4.69) is 62.1 Å². The number of morpholine rings is 1. The summed E-state index contributed by atoms with van der Waals surface area (Å²) in [5.74, 6) is -0.978. The standard InChI is InChI=1S/C26H27FN4O3.C25H25FN4O4.C25H25FN4O3.C22H22FN3O3/c1-34-23-19(24(32)28-26(13-14-26)25(33)31-15-3-2-4-16-31)10-12-21-22(23)20(29-30-21)11-7-17-5-8-18(27)9-6-17;1-33-22-18(23(31)27-25(10-11-25)24(32)30-12-14-34-15-13-30)7-9-20-21(22)19(28-29-20)8-4-16-2-5-17(26)6-3-16;1-33-22-18(23(31)27-25(12-13-25)24(32)30-14-2-3-15-30)9-11-20-21(22)19(28-29-20)10-6-16-4-7-17(26)8-5-16;1-29-21-15(22(28)24-16-3-2-4-19(16)27)10-12-18-20(21)17(25-26-18)11-7-13-5-8-14(23)9-6-13/h5-12H,2-4,13-16H2,1H3,(H,28,32)(H,29,30);2-9H,10-15H2,1H3,(H,27,31)(H,28,29);4-11H,2-3,12-15H2,1H3,(H,27,31)(H,28,29);5-12,16,19,27H,2-4H2,1H3,(H,24,28)(H,25,26)/b11-7+;8-4+;10-6+;11-7+/t;;;16-,19-/m...1/s1. The van der Waals surface area contributed by atoms with Crippen molar-refractivity contribution in [1.29, 1.82) is 0 Å². The lowest BCUT2D eigenvalue weighted by atomic mass is 10.1. The van der Waals surface area contributed by atoms with Gasteiger partial charge in [0.2, 0.25) is 17.7 Å². The van der Waals surface area contributed by atoms with Gasteiger partial charge < -0.3 is 64.8 Å². The van der Waals surface area contributed by atoms with E-state index in [9.17, 15) is 56.2 Å². The van der Waals surface area contributed by atoms with Crippen LogP contribution in [-0.2, 0) is 19.1 Å². The Morgan fingerprint density at radius 2 is 0.631 bits per heavy atom. The zero-order valence-corrected chi connectivity index (χ0v) is 72.2. The van der Waals surface area contributed by atoms with E-state index >= 15 is 0 Å². The summed E-state index contributed by atoms with van der Waals surface area (Å²) in [5, 5.41) is 53.6. The Morgan fingerprint density at radius 3 is 0.892 bits per heavy atom. The van der Waals surface area contributed by atoms with Gasteiger partial charge in [-0.15, -0.1) is 0 Å². The SMILES string of the molecule is COc1c(C(=O)NC2(C(=O)N3CCCC3)CC2)ccc2n[nH]c(/C=C/c3ccc(F)cc3)c12.COc1c(C(=O)NC2(C(=O)N3CCCCC3)CC2)ccc2n[nH]c(/C=C/c3ccc(F)cc3)c12.COc1c(C(=O)NC2(C(=O)N3CCOCC3)CC2)ccc2n[nH]c(/C=C/c3ccc(F)cc3)c12.COc1c(C(=O)N[C@@H]2CCC[C@H]2O)ccc2n[nH]c(/C=C/c3ccc(F)cc3)c12. The van der Waals surface area contributed by atoms with Gasteiger partial charge in [0.1, 0.15) is 62.9 Å². The first-order valence-electron chi connectivity index (χ1n) is 43.5. The van der Waals surface area contributed by atoms with Gasteiger partial charge in [-0.2, -0.15) is 20.4 Å². The molecule has 32 heteroatoms. The molecule has 12 aromatic rings. The van der Waals surface area contributed by atoms with Crippen molar-refractivity contribution in [3.05, 3.63) is 236 Å². The summed E-state index contributed by atoms with van der Waals surface area (Å²) in [6.07, 6.45) is 25.4. The third-order valence-electron chi connectivity index (χ3n) is 24.5. The Hall–Kier alpha value is -14.3. The molecule has 2 atom stereocenters. The van der Waals surface area contributed by atoms with Crippen molar-refractivity contribution >= 4 is 134 Å². The van der Waals surface area contributed by atoms with Crippen molar-refractivity contribution < 1.29 is 79.9 Å². The lowest BCUT2D eigenvalue weighted by Gasteiger charge is -2.31. The molecule has 19 rings (SSSR count). The number of nitrogens with zero attached hydrogens (tertiary/aromatic N) is 7. The Balaban J connectivity index is 0.000000127. The number of hydrogen-bond acceptors (Lipinski definition) is 17. The number of amides is 7. The molecule has 7 heterocycles. The number of aliphatic hydroxyl groups excluding tert-OH is 1. The fraction of sp³-hybridized carbons (Fsp3) is 0.316. The molecular weight excluding hydrogens is 1670 g/mol. The highest BCUT2D eigenvalue weighted by Gasteiger charge is 2.56. The maximum Gasteiger partial charge on any atom is 0.255 e. The number of nitrogens with one attached hydrogen (secondary N) is 8. The predicted octanol–water partition coefficient (Wildman–Crippen LogP) is 14.4. The monoisotopic (exact) mass is 1770 g/mol. The second-order valence-corrected chi connectivity index (χ2v) is 33.2. The summed E-state index contributed by atoms with van der Waals surface area (Å²) in [7, 11) is 6.03. The van der Waals surface area contributed by atoms with Gasteiger partial charge in [0.05, 0.1) is 142 Å². The van der Waals surface area contributed by atoms with Gasteiger partial charge >= 0.3 is 0 Å². The van der Waals surface area contributed by atoms with Crippen molar-refractivity contribution in [2.45, 2.75) is 119 Å². The Kier molecular flexibility index (Phi) is 26.8. The number of ether oxygens (including phenoxy) is 5. The van der Waals surface area contributed by atoms with E-state index in [1.54, 1.807) is 108 Å². The first kappa shape index (κ1) is 89.1. The molecule has 0 unspecified atom stereocenters. The molecule has 0 spiro atoms. The maximum atomic E-state index is 13.3. The van der Waals surface area contributed by atoms with Crippen LogP contribution in [0.5, 0.6) is 23.0 Å². The summed E-state index contributed by atoms with van der Waals surface area (Å²) in [6, 6.07) is 37.9. The smallest absolute Gasteiger partial charge is 0.255 e. The zero-order chi connectivity index (χ0) is 90.8. The van der Waals surface area contributed by atoms with Gasteiger partial charge in [-0.25, -0.2) is 17.6 Å². The second-order valence-electron chi connectivity index (χ2n) is 33.2. The van der Waals surface area contributed by atoms with Gasteiger partial charge in [0.25, 0.3) is 23.6 Å². The summed E-state index contributed by atoms with van der Waals surface area (Å²) >= 11 is 0. The Morgan fingerprint density at radius 1 is 0.362 bits per heavy atom. The molecule has 4 aromatic heterocycles. The molecule has 0 radical (unpaired) electrons. The molecule has 130 heavy (non-hydrogen) atoms. The molecule has 28 nitrogen and oxygen atoms in total. The lowest BCUT2D eigenvalue weighted by molar-refractivity contribution is -0.138. The largest absolute Gasteiger partial charge is 0.495 e. The van der Waals surface area contributed by atoms with Crippen LogP contribution in [0.15, 0.2) is 146 Å². The molecule has 7 amide bonds. The number of rotatable bonds is 23. The number of benzene rings is 8. The van der Waals surface area contributed by atoms with E-state index in [1.165, 1.54) is 77.0 Å². The van der Waals surface area contributed by atoms with Crippen LogP contribution in [0.3, 0.4) is 0 Å².